The van der Waals surface area contributed by atoms with E-state index in [2.05, 4.69) is 101 Å². The molecule has 1 unspecified atom stereocenters. The summed E-state index contributed by atoms with van der Waals surface area (Å²) in [6, 6.07) is 29.2. The summed E-state index contributed by atoms with van der Waals surface area (Å²) < 4.78 is 43.5. The van der Waals surface area contributed by atoms with Crippen molar-refractivity contribution in [3.05, 3.63) is 117 Å². The molecule has 42 heavy (non-hydrogen) atoms. The lowest BCUT2D eigenvalue weighted by Crippen LogP contribution is -2.37. The van der Waals surface area contributed by atoms with E-state index in [1.807, 2.05) is 42.2 Å². The van der Waals surface area contributed by atoms with Crippen LogP contribution in [0.5, 0.6) is 5.75 Å². The van der Waals surface area contributed by atoms with E-state index < -0.39 is 15.9 Å². The third kappa shape index (κ3) is 6.10. The Morgan fingerprint density at radius 2 is 1.83 bits per heavy atom. The van der Waals surface area contributed by atoms with Gasteiger partial charge >= 0.3 is 0 Å². The zero-order chi connectivity index (χ0) is 29.4. The van der Waals surface area contributed by atoms with Crippen LogP contribution in [0.3, 0.4) is 0 Å². The number of hydrogen-bond acceptors (Lipinski definition) is 5. The van der Waals surface area contributed by atoms with Gasteiger partial charge in [-0.15, -0.1) is 0 Å². The molecule has 4 aromatic carbocycles. The standard InChI is InChI=1S/C33H29IN2O4S2/c1-22(18-31-35(16-17-42(37,38)39)29-20-26(34)13-15-30(29)40-31)19-32-36(21-23(2)24-8-4-3-5-9-24)28-14-12-25-10-6-7-11-27(25)33(28)41-32/h3-15,18-20,23H,16-17,21H2,1-2H3/p+1. The molecular weight excluding hydrogens is 679 g/mol. The molecule has 0 radical (unpaired) electrons. The Kier molecular flexibility index (Phi) is 8.10. The number of fused-ring (bicyclic) bond motifs is 4. The van der Waals surface area contributed by atoms with E-state index in [4.69, 9.17) is 4.74 Å². The van der Waals surface area contributed by atoms with Crippen molar-refractivity contribution in [2.24, 2.45) is 0 Å². The van der Waals surface area contributed by atoms with Crippen LogP contribution in [0.25, 0.3) is 27.1 Å². The summed E-state index contributed by atoms with van der Waals surface area (Å²) in [7, 11) is -4.14. The zero-order valence-electron chi connectivity index (χ0n) is 23.2. The van der Waals surface area contributed by atoms with E-state index in [1.54, 1.807) is 11.3 Å². The third-order valence-corrected chi connectivity index (χ3v) is 9.96. The first-order valence-electron chi connectivity index (χ1n) is 13.7. The maximum Gasteiger partial charge on any atom is 0.266 e. The van der Waals surface area contributed by atoms with E-state index in [9.17, 15) is 13.0 Å². The predicted molar refractivity (Wildman–Crippen MR) is 180 cm³/mol. The van der Waals surface area contributed by atoms with Gasteiger partial charge in [-0.25, -0.2) is 0 Å². The maximum absolute atomic E-state index is 11.6. The number of allylic oxidation sites excluding steroid dienone is 2. The number of halogens is 1. The number of rotatable bonds is 8. The fourth-order valence-corrected chi connectivity index (χ4v) is 7.54. The molecule has 0 amide bonds. The van der Waals surface area contributed by atoms with Gasteiger partial charge in [-0.3, -0.25) is 4.55 Å². The first kappa shape index (κ1) is 28.9. The number of nitrogens with zero attached hydrogens (tertiary/aromatic N) is 2. The Hall–Kier alpha value is -3.25. The lowest BCUT2D eigenvalue weighted by atomic mass is 10.0. The van der Waals surface area contributed by atoms with E-state index in [0.29, 0.717) is 17.6 Å². The summed E-state index contributed by atoms with van der Waals surface area (Å²) in [6.45, 7) is 5.18. The van der Waals surface area contributed by atoms with Crippen molar-refractivity contribution in [1.29, 1.82) is 0 Å². The average Bonchev–Trinajstić information content (AvgIpc) is 3.48. The minimum atomic E-state index is -4.14. The minimum absolute atomic E-state index is 0.0779. The van der Waals surface area contributed by atoms with Crippen LogP contribution in [-0.2, 0) is 16.7 Å². The van der Waals surface area contributed by atoms with Gasteiger partial charge in [0.25, 0.3) is 15.1 Å². The van der Waals surface area contributed by atoms with Gasteiger partial charge in [0.2, 0.25) is 11.4 Å². The van der Waals surface area contributed by atoms with Crippen molar-refractivity contribution >= 4 is 76.8 Å². The highest BCUT2D eigenvalue weighted by molar-refractivity contribution is 14.1. The van der Waals surface area contributed by atoms with Crippen LogP contribution >= 0.6 is 33.9 Å². The summed E-state index contributed by atoms with van der Waals surface area (Å²) in [5.74, 6) is 1.09. The van der Waals surface area contributed by atoms with Crippen molar-refractivity contribution in [3.8, 4) is 5.75 Å². The predicted octanol–water partition coefficient (Wildman–Crippen LogP) is 7.78. The van der Waals surface area contributed by atoms with E-state index in [-0.39, 0.29) is 6.54 Å². The van der Waals surface area contributed by atoms with E-state index in [1.165, 1.54) is 26.6 Å². The van der Waals surface area contributed by atoms with Crippen LogP contribution in [0.2, 0.25) is 0 Å². The number of thiazole rings is 1. The number of anilines is 1. The van der Waals surface area contributed by atoms with Crippen LogP contribution in [-0.4, -0.2) is 25.3 Å². The Bertz CT molecular complexity index is 1970. The van der Waals surface area contributed by atoms with Gasteiger partial charge in [-0.2, -0.15) is 13.0 Å². The topological polar surface area (TPSA) is 70.7 Å². The number of aromatic nitrogens is 1. The molecule has 214 valence electrons. The SMILES string of the molecule is CC(=C/c1sc2c3ccccc3ccc2[n+]1CC(C)c1ccccc1)/C=C1\Oc2ccc(I)cc2N1CCS(=O)(=O)O. The normalized spacial score (nSPS) is 15.4. The largest absolute Gasteiger partial charge is 0.439 e. The molecule has 0 fully saturated rings. The van der Waals surface area contributed by atoms with Crippen LogP contribution in [0, 0.1) is 3.57 Å². The number of ether oxygens (including phenoxy) is 1. The second-order valence-corrected chi connectivity index (χ2v) is 14.4. The molecule has 1 atom stereocenters. The molecule has 1 aromatic heterocycles. The van der Waals surface area contributed by atoms with Crippen LogP contribution < -0.4 is 14.2 Å². The summed E-state index contributed by atoms with van der Waals surface area (Å²) >= 11 is 3.99. The molecular formula is C33H30IN2O4S2+. The molecule has 9 heteroatoms. The van der Waals surface area contributed by atoms with Gasteiger partial charge in [0.05, 0.1) is 11.4 Å². The molecule has 6 nitrogen and oxygen atoms in total. The van der Waals surface area contributed by atoms with Crippen LogP contribution in [0.4, 0.5) is 5.69 Å². The summed E-state index contributed by atoms with van der Waals surface area (Å²) in [4.78, 5) is 1.81. The Labute approximate surface area is 263 Å². The highest BCUT2D eigenvalue weighted by Crippen LogP contribution is 2.40. The molecule has 0 saturated carbocycles. The summed E-state index contributed by atoms with van der Waals surface area (Å²) in [5.41, 5.74) is 4.23. The summed E-state index contributed by atoms with van der Waals surface area (Å²) in [5, 5.41) is 3.57. The first-order valence-corrected chi connectivity index (χ1v) is 17.2. The second kappa shape index (κ2) is 11.8. The zero-order valence-corrected chi connectivity index (χ0v) is 27.0. The molecule has 0 bridgehead atoms. The number of benzene rings is 4. The lowest BCUT2D eigenvalue weighted by Gasteiger charge is -2.17. The molecule has 6 rings (SSSR count). The van der Waals surface area contributed by atoms with E-state index >= 15 is 0 Å². The Morgan fingerprint density at radius 1 is 1.07 bits per heavy atom. The van der Waals surface area contributed by atoms with Crippen LogP contribution in [0.15, 0.2) is 102 Å². The van der Waals surface area contributed by atoms with Crippen molar-refractivity contribution < 1.29 is 22.3 Å². The van der Waals surface area contributed by atoms with Crippen molar-refractivity contribution in [2.75, 3.05) is 17.2 Å². The molecule has 5 aromatic rings. The minimum Gasteiger partial charge on any atom is -0.439 e. The smallest absolute Gasteiger partial charge is 0.266 e. The lowest BCUT2D eigenvalue weighted by molar-refractivity contribution is -0.671. The Balaban J connectivity index is 1.42. The quantitative estimate of drug-likeness (QED) is 0.101. The molecule has 2 heterocycles. The average molecular weight is 710 g/mol. The molecule has 1 aliphatic rings. The first-order chi connectivity index (χ1) is 20.2. The molecule has 0 spiro atoms. The van der Waals surface area contributed by atoms with Crippen molar-refractivity contribution in [3.63, 3.8) is 0 Å². The fraction of sp³-hybridized carbons (Fsp3) is 0.182. The summed E-state index contributed by atoms with van der Waals surface area (Å²) in [6.07, 6.45) is 4.10. The third-order valence-electron chi connectivity index (χ3n) is 7.41. The monoisotopic (exact) mass is 709 g/mol. The molecule has 1 N–H and O–H groups in total. The molecule has 1 aliphatic heterocycles. The van der Waals surface area contributed by atoms with Crippen molar-refractivity contribution in [1.82, 2.24) is 0 Å². The second-order valence-electron chi connectivity index (χ2n) is 10.5. The Morgan fingerprint density at radius 3 is 2.62 bits per heavy atom. The number of hydrogen-bond donors (Lipinski definition) is 1. The molecule has 0 aliphatic carbocycles. The van der Waals surface area contributed by atoms with Gasteiger partial charge in [0.15, 0.2) is 12.3 Å². The highest BCUT2D eigenvalue weighted by Gasteiger charge is 2.28. The van der Waals surface area contributed by atoms with Gasteiger partial charge in [-0.1, -0.05) is 72.9 Å². The van der Waals surface area contributed by atoms with Gasteiger partial charge < -0.3 is 9.64 Å². The molecule has 0 saturated heterocycles. The maximum atomic E-state index is 11.6. The van der Waals surface area contributed by atoms with Gasteiger partial charge in [0.1, 0.15) is 4.70 Å². The highest BCUT2D eigenvalue weighted by atomic mass is 127. The van der Waals surface area contributed by atoms with Crippen molar-refractivity contribution in [2.45, 2.75) is 26.3 Å². The van der Waals surface area contributed by atoms with E-state index in [0.717, 1.165) is 26.4 Å². The fourth-order valence-electron chi connectivity index (χ4n) is 5.34. The van der Waals surface area contributed by atoms with Gasteiger partial charge in [-0.05, 0) is 70.3 Å². The van der Waals surface area contributed by atoms with Gasteiger partial charge in [0, 0.05) is 39.6 Å². The van der Waals surface area contributed by atoms with Crippen LogP contribution in [0.1, 0.15) is 30.3 Å².